The van der Waals surface area contributed by atoms with Crippen LogP contribution in [0.5, 0.6) is 0 Å². The van der Waals surface area contributed by atoms with Gasteiger partial charge in [0.15, 0.2) is 5.16 Å². The Morgan fingerprint density at radius 3 is 2.67 bits per heavy atom. The van der Waals surface area contributed by atoms with Crippen LogP contribution in [0.15, 0.2) is 41.2 Å². The molecule has 0 amide bonds. The van der Waals surface area contributed by atoms with Crippen LogP contribution < -0.4 is 0 Å². The van der Waals surface area contributed by atoms with Crippen molar-refractivity contribution >= 4 is 17.8 Å². The molecule has 0 atom stereocenters. The van der Waals surface area contributed by atoms with Crippen LogP contribution >= 0.6 is 11.8 Å². The molecule has 5 heteroatoms. The number of nitrogens with zero attached hydrogens (tertiary/aromatic N) is 3. The zero-order valence-electron chi connectivity index (χ0n) is 10.2. The van der Waals surface area contributed by atoms with E-state index in [9.17, 15) is 4.39 Å². The van der Waals surface area contributed by atoms with Crippen LogP contribution in [-0.4, -0.2) is 14.8 Å². The highest BCUT2D eigenvalue weighted by molar-refractivity contribution is 8.02. The van der Waals surface area contributed by atoms with E-state index >= 15 is 0 Å². The molecule has 0 radical (unpaired) electrons. The molecule has 3 nitrogen and oxygen atoms in total. The lowest BCUT2D eigenvalue weighted by atomic mass is 10.2. The monoisotopic (exact) mass is 263 g/mol. The minimum atomic E-state index is -0.223. The van der Waals surface area contributed by atoms with Gasteiger partial charge in [0.05, 0.1) is 0 Å². The summed E-state index contributed by atoms with van der Waals surface area (Å²) >= 11 is 1.50. The first-order chi connectivity index (χ1) is 8.66. The van der Waals surface area contributed by atoms with Gasteiger partial charge in [0, 0.05) is 6.04 Å². The number of halogens is 1. The summed E-state index contributed by atoms with van der Waals surface area (Å²) in [7, 11) is 0. The van der Waals surface area contributed by atoms with Gasteiger partial charge in [-0.25, -0.2) is 4.39 Å². The van der Waals surface area contributed by atoms with Crippen LogP contribution in [0, 0.1) is 5.82 Å². The molecular weight excluding hydrogens is 249 g/mol. The third kappa shape index (κ3) is 3.20. The van der Waals surface area contributed by atoms with Crippen LogP contribution in [0.4, 0.5) is 4.39 Å². The summed E-state index contributed by atoms with van der Waals surface area (Å²) < 4.78 is 14.7. The molecule has 0 aliphatic rings. The van der Waals surface area contributed by atoms with Gasteiger partial charge in [-0.15, -0.1) is 10.2 Å². The van der Waals surface area contributed by atoms with Gasteiger partial charge in [-0.05, 0) is 43.0 Å². The summed E-state index contributed by atoms with van der Waals surface area (Å²) in [6.07, 6.45) is 3.64. The quantitative estimate of drug-likeness (QED) is 0.787. The number of aromatic nitrogens is 3. The van der Waals surface area contributed by atoms with Crippen molar-refractivity contribution in [3.8, 4) is 0 Å². The number of hydrogen-bond donors (Lipinski definition) is 0. The Kier molecular flexibility index (Phi) is 4.15. The third-order valence-corrected chi connectivity index (χ3v) is 3.18. The number of hydrogen-bond acceptors (Lipinski definition) is 3. The zero-order valence-corrected chi connectivity index (χ0v) is 11.1. The Hall–Kier alpha value is -1.62. The predicted octanol–water partition coefficient (Wildman–Crippen LogP) is 3.76. The van der Waals surface area contributed by atoms with Crippen molar-refractivity contribution in [3.05, 3.63) is 47.4 Å². The van der Waals surface area contributed by atoms with Gasteiger partial charge in [0.1, 0.15) is 12.1 Å². The van der Waals surface area contributed by atoms with Gasteiger partial charge in [0.25, 0.3) is 0 Å². The van der Waals surface area contributed by atoms with Crippen LogP contribution in [0.25, 0.3) is 6.08 Å². The van der Waals surface area contributed by atoms with E-state index < -0.39 is 0 Å². The second-order valence-corrected chi connectivity index (χ2v) is 4.96. The minimum Gasteiger partial charge on any atom is -0.306 e. The van der Waals surface area contributed by atoms with E-state index in [1.54, 1.807) is 18.5 Å². The van der Waals surface area contributed by atoms with Crippen LogP contribution in [-0.2, 0) is 0 Å². The molecule has 2 rings (SSSR count). The summed E-state index contributed by atoms with van der Waals surface area (Å²) in [5.41, 5.74) is 0.958. The normalized spacial score (nSPS) is 11.6. The van der Waals surface area contributed by atoms with Gasteiger partial charge in [-0.1, -0.05) is 23.9 Å². The van der Waals surface area contributed by atoms with E-state index in [4.69, 9.17) is 0 Å². The summed E-state index contributed by atoms with van der Waals surface area (Å²) in [6.45, 7) is 4.16. The molecule has 0 saturated carbocycles. The molecule has 0 N–H and O–H groups in total. The van der Waals surface area contributed by atoms with E-state index in [1.165, 1.54) is 23.9 Å². The average Bonchev–Trinajstić information content (AvgIpc) is 2.80. The molecule has 1 aromatic heterocycles. The Morgan fingerprint density at radius 2 is 2.00 bits per heavy atom. The van der Waals surface area contributed by atoms with E-state index in [2.05, 4.69) is 24.0 Å². The Morgan fingerprint density at radius 1 is 1.28 bits per heavy atom. The number of rotatable bonds is 4. The van der Waals surface area contributed by atoms with Crippen molar-refractivity contribution in [3.63, 3.8) is 0 Å². The Balaban J connectivity index is 2.03. The third-order valence-electron chi connectivity index (χ3n) is 2.40. The highest BCUT2D eigenvalue weighted by Crippen LogP contribution is 2.20. The fourth-order valence-electron chi connectivity index (χ4n) is 1.42. The van der Waals surface area contributed by atoms with Crippen LogP contribution in [0.1, 0.15) is 25.5 Å². The lowest BCUT2D eigenvalue weighted by Crippen LogP contribution is -1.99. The predicted molar refractivity (Wildman–Crippen MR) is 71.7 cm³/mol. The number of thioether (sulfide) groups is 1. The molecule has 0 spiro atoms. The second kappa shape index (κ2) is 5.82. The summed E-state index contributed by atoms with van der Waals surface area (Å²) in [6, 6.07) is 6.70. The topological polar surface area (TPSA) is 30.7 Å². The van der Waals surface area contributed by atoms with E-state index in [-0.39, 0.29) is 5.82 Å². The second-order valence-electron chi connectivity index (χ2n) is 4.09. The maximum absolute atomic E-state index is 12.7. The van der Waals surface area contributed by atoms with E-state index in [0.717, 1.165) is 10.7 Å². The molecule has 0 saturated heterocycles. The molecule has 0 fully saturated rings. The van der Waals surface area contributed by atoms with Gasteiger partial charge >= 0.3 is 0 Å². The molecule has 2 aromatic rings. The summed E-state index contributed by atoms with van der Waals surface area (Å²) in [4.78, 5) is 0. The van der Waals surface area contributed by atoms with E-state index in [0.29, 0.717) is 6.04 Å². The minimum absolute atomic E-state index is 0.223. The fourth-order valence-corrected chi connectivity index (χ4v) is 2.24. The molecule has 18 heavy (non-hydrogen) atoms. The lowest BCUT2D eigenvalue weighted by Gasteiger charge is -2.07. The van der Waals surface area contributed by atoms with Gasteiger partial charge in [0.2, 0.25) is 0 Å². The molecular formula is C13H14FN3S. The van der Waals surface area contributed by atoms with E-state index in [1.807, 2.05) is 16.1 Å². The highest BCUT2D eigenvalue weighted by Gasteiger charge is 2.05. The molecule has 1 aromatic carbocycles. The van der Waals surface area contributed by atoms with Crippen molar-refractivity contribution in [1.29, 1.82) is 0 Å². The van der Waals surface area contributed by atoms with Crippen molar-refractivity contribution in [2.75, 3.05) is 0 Å². The van der Waals surface area contributed by atoms with Crippen molar-refractivity contribution in [2.45, 2.75) is 25.0 Å². The maximum Gasteiger partial charge on any atom is 0.195 e. The fraction of sp³-hybridized carbons (Fsp3) is 0.231. The first-order valence-corrected chi connectivity index (χ1v) is 6.53. The standard InChI is InChI=1S/C13H14FN3S/c1-10(2)17-9-15-16-13(17)18-8-7-11-3-5-12(14)6-4-11/h3-10H,1-2H3/b8-7+. The zero-order chi connectivity index (χ0) is 13.0. The Bertz CT molecular complexity index is 531. The maximum atomic E-state index is 12.7. The first kappa shape index (κ1) is 12.8. The number of benzene rings is 1. The lowest BCUT2D eigenvalue weighted by molar-refractivity contribution is 0.550. The van der Waals surface area contributed by atoms with Crippen LogP contribution in [0.3, 0.4) is 0 Å². The highest BCUT2D eigenvalue weighted by atomic mass is 32.2. The Labute approximate surface area is 110 Å². The average molecular weight is 263 g/mol. The smallest absolute Gasteiger partial charge is 0.195 e. The largest absolute Gasteiger partial charge is 0.306 e. The molecule has 0 unspecified atom stereocenters. The molecule has 0 aliphatic heterocycles. The van der Waals surface area contributed by atoms with Gasteiger partial charge < -0.3 is 4.57 Å². The van der Waals surface area contributed by atoms with Crippen molar-refractivity contribution in [2.24, 2.45) is 0 Å². The summed E-state index contributed by atoms with van der Waals surface area (Å²) in [5.74, 6) is -0.223. The van der Waals surface area contributed by atoms with Gasteiger partial charge in [-0.3, -0.25) is 0 Å². The first-order valence-electron chi connectivity index (χ1n) is 5.65. The van der Waals surface area contributed by atoms with Crippen molar-refractivity contribution < 1.29 is 4.39 Å². The van der Waals surface area contributed by atoms with Crippen molar-refractivity contribution in [1.82, 2.24) is 14.8 Å². The molecule has 94 valence electrons. The molecule has 0 aliphatic carbocycles. The molecule has 0 bridgehead atoms. The SMILES string of the molecule is CC(C)n1cnnc1S/C=C/c1ccc(F)cc1. The summed E-state index contributed by atoms with van der Waals surface area (Å²) in [5, 5.41) is 10.7. The van der Waals surface area contributed by atoms with Gasteiger partial charge in [-0.2, -0.15) is 0 Å². The van der Waals surface area contributed by atoms with Crippen LogP contribution in [0.2, 0.25) is 0 Å². The molecule has 1 heterocycles.